The summed E-state index contributed by atoms with van der Waals surface area (Å²) in [6.07, 6.45) is 1.86. The summed E-state index contributed by atoms with van der Waals surface area (Å²) in [7, 11) is 0. The smallest absolute Gasteiger partial charge is 0.216 e. The predicted octanol–water partition coefficient (Wildman–Crippen LogP) is 0.990. The highest BCUT2D eigenvalue weighted by atomic mass is 32.1. The van der Waals surface area contributed by atoms with Gasteiger partial charge in [0.15, 0.2) is 4.77 Å². The first-order valence-electron chi connectivity index (χ1n) is 4.10. The summed E-state index contributed by atoms with van der Waals surface area (Å²) in [6.45, 7) is 4.80. The number of nitrogens with one attached hydrogen (secondary N) is 2. The maximum absolute atomic E-state index is 10.6. The van der Waals surface area contributed by atoms with E-state index in [9.17, 15) is 4.79 Å². The minimum atomic E-state index is -0.0142. The SMILES string of the molecule is CC(=O)NCCn1c(C)c[nH]c1=S. The van der Waals surface area contributed by atoms with Gasteiger partial charge in [0.25, 0.3) is 0 Å². The molecule has 0 spiro atoms. The van der Waals surface area contributed by atoms with E-state index in [4.69, 9.17) is 12.2 Å². The summed E-state index contributed by atoms with van der Waals surface area (Å²) in [4.78, 5) is 13.5. The third-order valence-corrected chi connectivity index (χ3v) is 2.12. The molecule has 0 bridgehead atoms. The quantitative estimate of drug-likeness (QED) is 0.713. The Hall–Kier alpha value is -1.10. The highest BCUT2D eigenvalue weighted by molar-refractivity contribution is 7.71. The molecule has 0 saturated carbocycles. The standard InChI is InChI=1S/C8H13N3OS/c1-6-5-10-8(13)11(6)4-3-9-7(2)12/h5H,3-4H2,1-2H3,(H,9,12)(H,10,13). The summed E-state index contributed by atoms with van der Waals surface area (Å²) in [5.74, 6) is -0.0142. The van der Waals surface area contributed by atoms with Crippen molar-refractivity contribution in [1.82, 2.24) is 14.9 Å². The second kappa shape index (κ2) is 4.23. The van der Waals surface area contributed by atoms with Crippen LogP contribution < -0.4 is 5.32 Å². The number of aromatic amines is 1. The van der Waals surface area contributed by atoms with Gasteiger partial charge in [0, 0.05) is 31.9 Å². The van der Waals surface area contributed by atoms with E-state index >= 15 is 0 Å². The number of aromatic nitrogens is 2. The molecule has 2 N–H and O–H groups in total. The van der Waals surface area contributed by atoms with E-state index in [0.717, 1.165) is 5.69 Å². The highest BCUT2D eigenvalue weighted by Gasteiger charge is 1.98. The first kappa shape index (κ1) is 9.98. The van der Waals surface area contributed by atoms with Crippen LogP contribution in [0.3, 0.4) is 0 Å². The van der Waals surface area contributed by atoms with Crippen molar-refractivity contribution >= 4 is 18.1 Å². The average Bonchev–Trinajstić information content (AvgIpc) is 2.34. The largest absolute Gasteiger partial charge is 0.355 e. The van der Waals surface area contributed by atoms with Gasteiger partial charge in [-0.25, -0.2) is 0 Å². The maximum atomic E-state index is 10.6. The normalized spacial score (nSPS) is 10.0. The molecule has 5 heteroatoms. The molecule has 0 aromatic carbocycles. The van der Waals surface area contributed by atoms with Gasteiger partial charge >= 0.3 is 0 Å². The van der Waals surface area contributed by atoms with Crippen LogP contribution in [0.15, 0.2) is 6.20 Å². The number of aryl methyl sites for hydroxylation is 1. The van der Waals surface area contributed by atoms with Crippen molar-refractivity contribution in [2.75, 3.05) is 6.54 Å². The number of carbonyl (C=O) groups is 1. The number of carbonyl (C=O) groups excluding carboxylic acids is 1. The fourth-order valence-electron chi connectivity index (χ4n) is 1.10. The first-order valence-corrected chi connectivity index (χ1v) is 4.51. The molecule has 0 aliphatic rings. The summed E-state index contributed by atoms with van der Waals surface area (Å²) >= 11 is 5.05. The van der Waals surface area contributed by atoms with Crippen molar-refractivity contribution in [2.45, 2.75) is 20.4 Å². The van der Waals surface area contributed by atoms with Gasteiger partial charge in [0.1, 0.15) is 0 Å². The topological polar surface area (TPSA) is 49.8 Å². The van der Waals surface area contributed by atoms with Crippen molar-refractivity contribution in [3.05, 3.63) is 16.7 Å². The summed E-state index contributed by atoms with van der Waals surface area (Å²) in [5.41, 5.74) is 1.08. The number of imidazole rings is 1. The molecule has 0 radical (unpaired) electrons. The number of H-pyrrole nitrogens is 1. The third kappa shape index (κ3) is 2.69. The third-order valence-electron chi connectivity index (χ3n) is 1.78. The van der Waals surface area contributed by atoms with E-state index in [-0.39, 0.29) is 5.91 Å². The van der Waals surface area contributed by atoms with Crippen LogP contribution in [-0.2, 0) is 11.3 Å². The number of hydrogen-bond acceptors (Lipinski definition) is 2. The molecule has 13 heavy (non-hydrogen) atoms. The van der Waals surface area contributed by atoms with Crippen LogP contribution in [0, 0.1) is 11.7 Å². The summed E-state index contributed by atoms with van der Waals surface area (Å²) < 4.78 is 2.65. The Kier molecular flexibility index (Phi) is 3.25. The van der Waals surface area contributed by atoms with Gasteiger partial charge in [-0.2, -0.15) is 0 Å². The lowest BCUT2D eigenvalue weighted by Gasteiger charge is -2.05. The molecular weight excluding hydrogens is 186 g/mol. The lowest BCUT2D eigenvalue weighted by Crippen LogP contribution is -2.24. The van der Waals surface area contributed by atoms with Gasteiger partial charge in [0.2, 0.25) is 5.91 Å². The molecule has 0 fully saturated rings. The zero-order valence-corrected chi connectivity index (χ0v) is 8.57. The fourth-order valence-corrected chi connectivity index (χ4v) is 1.40. The lowest BCUT2D eigenvalue weighted by molar-refractivity contribution is -0.118. The second-order valence-electron chi connectivity index (χ2n) is 2.87. The first-order chi connectivity index (χ1) is 6.11. The van der Waals surface area contributed by atoms with Crippen LogP contribution in [-0.4, -0.2) is 22.0 Å². The van der Waals surface area contributed by atoms with Gasteiger partial charge in [-0.05, 0) is 19.1 Å². The Morgan fingerprint density at radius 3 is 2.92 bits per heavy atom. The van der Waals surface area contributed by atoms with Crippen LogP contribution in [0.4, 0.5) is 0 Å². The average molecular weight is 199 g/mol. The molecule has 1 rings (SSSR count). The van der Waals surface area contributed by atoms with Gasteiger partial charge in [-0.3, -0.25) is 4.79 Å². The molecule has 1 aromatic heterocycles. The van der Waals surface area contributed by atoms with E-state index in [1.165, 1.54) is 6.92 Å². The second-order valence-corrected chi connectivity index (χ2v) is 3.26. The van der Waals surface area contributed by atoms with E-state index in [0.29, 0.717) is 17.9 Å². The summed E-state index contributed by atoms with van der Waals surface area (Å²) in [5, 5.41) is 2.72. The molecule has 0 saturated heterocycles. The number of amides is 1. The van der Waals surface area contributed by atoms with Crippen LogP contribution in [0.25, 0.3) is 0 Å². The van der Waals surface area contributed by atoms with E-state index in [2.05, 4.69) is 10.3 Å². The monoisotopic (exact) mass is 199 g/mol. The molecule has 72 valence electrons. The molecule has 1 amide bonds. The van der Waals surface area contributed by atoms with Gasteiger partial charge in [-0.15, -0.1) is 0 Å². The molecule has 0 aliphatic carbocycles. The van der Waals surface area contributed by atoms with Gasteiger partial charge in [0.05, 0.1) is 0 Å². The zero-order chi connectivity index (χ0) is 9.84. The molecule has 1 heterocycles. The Morgan fingerprint density at radius 1 is 1.77 bits per heavy atom. The minimum absolute atomic E-state index is 0.0142. The van der Waals surface area contributed by atoms with Crippen LogP contribution >= 0.6 is 12.2 Å². The maximum Gasteiger partial charge on any atom is 0.216 e. The molecule has 0 aliphatic heterocycles. The predicted molar refractivity (Wildman–Crippen MR) is 53.0 cm³/mol. The van der Waals surface area contributed by atoms with Crippen molar-refractivity contribution in [3.63, 3.8) is 0 Å². The van der Waals surface area contributed by atoms with Gasteiger partial charge < -0.3 is 14.9 Å². The Morgan fingerprint density at radius 2 is 2.46 bits per heavy atom. The lowest BCUT2D eigenvalue weighted by atomic mass is 10.5. The van der Waals surface area contributed by atoms with E-state index < -0.39 is 0 Å². The Bertz CT molecular complexity index is 353. The number of nitrogens with zero attached hydrogens (tertiary/aromatic N) is 1. The Balaban J connectivity index is 2.54. The van der Waals surface area contributed by atoms with Gasteiger partial charge in [-0.1, -0.05) is 0 Å². The Labute approximate surface area is 82.0 Å². The van der Waals surface area contributed by atoms with Crippen molar-refractivity contribution < 1.29 is 4.79 Å². The fraction of sp³-hybridized carbons (Fsp3) is 0.500. The number of rotatable bonds is 3. The number of hydrogen-bond donors (Lipinski definition) is 2. The molecule has 0 unspecified atom stereocenters. The van der Waals surface area contributed by atoms with Crippen LogP contribution in [0.1, 0.15) is 12.6 Å². The van der Waals surface area contributed by atoms with E-state index in [1.807, 2.05) is 17.7 Å². The van der Waals surface area contributed by atoms with Crippen molar-refractivity contribution in [1.29, 1.82) is 0 Å². The highest BCUT2D eigenvalue weighted by Crippen LogP contribution is 1.98. The van der Waals surface area contributed by atoms with Crippen molar-refractivity contribution in [3.8, 4) is 0 Å². The van der Waals surface area contributed by atoms with Crippen LogP contribution in [0.5, 0.6) is 0 Å². The molecule has 1 aromatic rings. The minimum Gasteiger partial charge on any atom is -0.355 e. The molecule has 4 nitrogen and oxygen atoms in total. The van der Waals surface area contributed by atoms with Crippen molar-refractivity contribution in [2.24, 2.45) is 0 Å². The van der Waals surface area contributed by atoms with Crippen LogP contribution in [0.2, 0.25) is 0 Å². The molecule has 0 atom stereocenters. The summed E-state index contributed by atoms with van der Waals surface area (Å²) in [6, 6.07) is 0. The molecular formula is C8H13N3OS. The van der Waals surface area contributed by atoms with E-state index in [1.54, 1.807) is 0 Å². The zero-order valence-electron chi connectivity index (χ0n) is 7.76.